The molecule has 1 nitrogen and oxygen atoms in total. The van der Waals surface area contributed by atoms with Crippen LogP contribution >= 0.6 is 0 Å². The van der Waals surface area contributed by atoms with E-state index >= 15 is 0 Å². The van der Waals surface area contributed by atoms with Crippen molar-refractivity contribution in [3.63, 3.8) is 0 Å². The summed E-state index contributed by atoms with van der Waals surface area (Å²) in [5.74, 6) is -2.48. The summed E-state index contributed by atoms with van der Waals surface area (Å²) in [5.41, 5.74) is -0.915. The van der Waals surface area contributed by atoms with Crippen molar-refractivity contribution in [3.05, 3.63) is 0 Å². The van der Waals surface area contributed by atoms with Crippen LogP contribution in [0.25, 0.3) is 0 Å². The van der Waals surface area contributed by atoms with Crippen molar-refractivity contribution in [1.82, 2.24) is 4.90 Å². The van der Waals surface area contributed by atoms with Gasteiger partial charge in [-0.25, -0.2) is 8.78 Å². The van der Waals surface area contributed by atoms with E-state index in [1.807, 2.05) is 6.92 Å². The molecule has 0 amide bonds. The van der Waals surface area contributed by atoms with Gasteiger partial charge in [0.1, 0.15) is 0 Å². The van der Waals surface area contributed by atoms with Gasteiger partial charge in [0.05, 0.1) is 12.1 Å². The molecule has 1 fully saturated rings. The highest BCUT2D eigenvalue weighted by Gasteiger charge is 2.60. The average Bonchev–Trinajstić information content (AvgIpc) is 1.83. The zero-order chi connectivity index (χ0) is 7.99. The van der Waals surface area contributed by atoms with Crippen LogP contribution < -0.4 is 0 Å². The van der Waals surface area contributed by atoms with E-state index in [0.717, 1.165) is 0 Å². The van der Waals surface area contributed by atoms with Crippen LogP contribution in [0.4, 0.5) is 8.78 Å². The monoisotopic (exact) mass is 149 g/mol. The molecule has 0 aliphatic carbocycles. The van der Waals surface area contributed by atoms with E-state index in [4.69, 9.17) is 0 Å². The lowest BCUT2D eigenvalue weighted by atomic mass is 9.84. The summed E-state index contributed by atoms with van der Waals surface area (Å²) < 4.78 is 25.4. The van der Waals surface area contributed by atoms with E-state index in [0.29, 0.717) is 6.54 Å². The van der Waals surface area contributed by atoms with Gasteiger partial charge in [-0.05, 0) is 20.4 Å². The van der Waals surface area contributed by atoms with Gasteiger partial charge in [0.2, 0.25) is 0 Å². The molecule has 0 aromatic heterocycles. The fraction of sp³-hybridized carbons (Fsp3) is 1.00. The van der Waals surface area contributed by atoms with Gasteiger partial charge in [-0.1, -0.05) is 6.92 Å². The lowest BCUT2D eigenvalue weighted by Crippen LogP contribution is -2.71. The molecule has 60 valence electrons. The zero-order valence-electron chi connectivity index (χ0n) is 6.62. The van der Waals surface area contributed by atoms with Crippen LogP contribution in [0.3, 0.4) is 0 Å². The Balaban J connectivity index is 2.65. The first kappa shape index (κ1) is 7.92. The fourth-order valence-electron chi connectivity index (χ4n) is 1.28. The Morgan fingerprint density at radius 1 is 1.40 bits per heavy atom. The summed E-state index contributed by atoms with van der Waals surface area (Å²) in [6.45, 7) is 5.70. The quantitative estimate of drug-likeness (QED) is 0.549. The van der Waals surface area contributed by atoms with Gasteiger partial charge in [0, 0.05) is 0 Å². The maximum absolute atomic E-state index is 12.7. The Kier molecular flexibility index (Phi) is 1.51. The van der Waals surface area contributed by atoms with Crippen molar-refractivity contribution in [2.24, 2.45) is 0 Å². The highest BCUT2D eigenvalue weighted by Crippen LogP contribution is 2.43. The van der Waals surface area contributed by atoms with E-state index < -0.39 is 11.5 Å². The molecule has 1 aliphatic heterocycles. The van der Waals surface area contributed by atoms with Crippen molar-refractivity contribution in [1.29, 1.82) is 0 Å². The molecule has 3 heteroatoms. The largest absolute Gasteiger partial charge is 0.287 e. The fourth-order valence-corrected chi connectivity index (χ4v) is 1.28. The lowest BCUT2D eigenvalue weighted by molar-refractivity contribution is -0.228. The number of alkyl halides is 2. The highest BCUT2D eigenvalue weighted by molar-refractivity contribution is 5.06. The van der Waals surface area contributed by atoms with Gasteiger partial charge in [-0.15, -0.1) is 0 Å². The highest BCUT2D eigenvalue weighted by atomic mass is 19.3. The molecule has 1 rings (SSSR count). The summed E-state index contributed by atoms with van der Waals surface area (Å²) in [6.07, 6.45) is 0. The first-order valence-corrected chi connectivity index (χ1v) is 3.54. The van der Waals surface area contributed by atoms with Crippen molar-refractivity contribution in [3.8, 4) is 0 Å². The van der Waals surface area contributed by atoms with Crippen molar-refractivity contribution < 1.29 is 8.78 Å². The molecule has 1 saturated heterocycles. The molecule has 0 unspecified atom stereocenters. The standard InChI is InChI=1S/C7H13F2N/c1-4-10-5-7(8,9)6(10,2)3/h4-5H2,1-3H3. The topological polar surface area (TPSA) is 3.24 Å². The van der Waals surface area contributed by atoms with Crippen LogP contribution in [0.15, 0.2) is 0 Å². The van der Waals surface area contributed by atoms with Gasteiger partial charge in [-0.3, -0.25) is 4.90 Å². The first-order chi connectivity index (χ1) is 4.42. The summed E-state index contributed by atoms with van der Waals surface area (Å²) in [4.78, 5) is 1.77. The van der Waals surface area contributed by atoms with Gasteiger partial charge in [0.15, 0.2) is 0 Å². The lowest BCUT2D eigenvalue weighted by Gasteiger charge is -2.54. The Labute approximate surface area is 60.0 Å². The van der Waals surface area contributed by atoms with Crippen LogP contribution in [0.5, 0.6) is 0 Å². The van der Waals surface area contributed by atoms with E-state index in [1.165, 1.54) is 0 Å². The Morgan fingerprint density at radius 3 is 2.00 bits per heavy atom. The van der Waals surface area contributed by atoms with Crippen LogP contribution in [0.1, 0.15) is 20.8 Å². The first-order valence-electron chi connectivity index (χ1n) is 3.54. The van der Waals surface area contributed by atoms with Crippen LogP contribution in [0, 0.1) is 0 Å². The minimum absolute atomic E-state index is 0.0729. The van der Waals surface area contributed by atoms with E-state index in [9.17, 15) is 8.78 Å². The van der Waals surface area contributed by atoms with E-state index in [1.54, 1.807) is 18.7 Å². The maximum atomic E-state index is 12.7. The van der Waals surface area contributed by atoms with Gasteiger partial charge < -0.3 is 0 Å². The minimum atomic E-state index is -2.48. The Morgan fingerprint density at radius 2 is 1.90 bits per heavy atom. The van der Waals surface area contributed by atoms with Crippen LogP contribution in [-0.4, -0.2) is 29.5 Å². The van der Waals surface area contributed by atoms with Crippen LogP contribution in [-0.2, 0) is 0 Å². The smallest absolute Gasteiger partial charge is 0.277 e. The molecule has 0 spiro atoms. The molecule has 10 heavy (non-hydrogen) atoms. The average molecular weight is 149 g/mol. The predicted molar refractivity (Wildman–Crippen MR) is 36.3 cm³/mol. The summed E-state index contributed by atoms with van der Waals surface area (Å²) in [6, 6.07) is 0. The number of hydrogen-bond acceptors (Lipinski definition) is 1. The molecular weight excluding hydrogens is 136 g/mol. The molecule has 0 bridgehead atoms. The Bertz CT molecular complexity index is 143. The molecule has 0 aromatic carbocycles. The van der Waals surface area contributed by atoms with Gasteiger partial charge >= 0.3 is 0 Å². The predicted octanol–water partition coefficient (Wildman–Crippen LogP) is 1.74. The van der Waals surface area contributed by atoms with Crippen molar-refractivity contribution in [2.75, 3.05) is 13.1 Å². The number of halogens is 2. The summed E-state index contributed by atoms with van der Waals surface area (Å²) >= 11 is 0. The Hall–Kier alpha value is -0.180. The normalized spacial score (nSPS) is 29.7. The summed E-state index contributed by atoms with van der Waals surface area (Å²) in [5, 5.41) is 0. The third-order valence-corrected chi connectivity index (χ3v) is 2.46. The van der Waals surface area contributed by atoms with Gasteiger partial charge in [-0.2, -0.15) is 0 Å². The zero-order valence-corrected chi connectivity index (χ0v) is 6.62. The molecule has 0 N–H and O–H groups in total. The number of rotatable bonds is 1. The maximum Gasteiger partial charge on any atom is 0.277 e. The molecule has 0 saturated carbocycles. The molecule has 0 radical (unpaired) electrons. The number of hydrogen-bond donors (Lipinski definition) is 0. The molecular formula is C7H13F2N. The van der Waals surface area contributed by atoms with E-state index in [-0.39, 0.29) is 6.54 Å². The third kappa shape index (κ3) is 0.764. The second-order valence-corrected chi connectivity index (χ2v) is 3.28. The molecule has 1 aliphatic rings. The summed E-state index contributed by atoms with van der Waals surface area (Å²) in [7, 11) is 0. The number of nitrogens with zero attached hydrogens (tertiary/aromatic N) is 1. The van der Waals surface area contributed by atoms with Gasteiger partial charge in [0.25, 0.3) is 5.92 Å². The number of likely N-dealkylation sites (tertiary alicyclic amines) is 1. The molecule has 1 heterocycles. The molecule has 0 atom stereocenters. The molecule has 0 aromatic rings. The minimum Gasteiger partial charge on any atom is -0.287 e. The van der Waals surface area contributed by atoms with E-state index in [2.05, 4.69) is 0 Å². The van der Waals surface area contributed by atoms with Crippen LogP contribution in [0.2, 0.25) is 0 Å². The SMILES string of the molecule is CCN1CC(F)(F)C1(C)C. The van der Waals surface area contributed by atoms with Crippen molar-refractivity contribution in [2.45, 2.75) is 32.2 Å². The second kappa shape index (κ2) is 1.91. The third-order valence-electron chi connectivity index (χ3n) is 2.46. The second-order valence-electron chi connectivity index (χ2n) is 3.28. The van der Waals surface area contributed by atoms with Crippen molar-refractivity contribution >= 4 is 0 Å².